The number of hydrogen-bond donors (Lipinski definition) is 1. The van der Waals surface area contributed by atoms with Gasteiger partial charge in [0.15, 0.2) is 0 Å². The highest BCUT2D eigenvalue weighted by Gasteiger charge is 2.51. The highest BCUT2D eigenvalue weighted by atomic mass is 16.3. The van der Waals surface area contributed by atoms with Crippen LogP contribution in [0.2, 0.25) is 0 Å². The van der Waals surface area contributed by atoms with E-state index in [1.807, 2.05) is 0 Å². The zero-order chi connectivity index (χ0) is 9.64. The summed E-state index contributed by atoms with van der Waals surface area (Å²) in [4.78, 5) is 2.59. The molecule has 2 aliphatic rings. The number of nitrogens with zero attached hydrogens (tertiary/aromatic N) is 1. The molecule has 0 spiro atoms. The van der Waals surface area contributed by atoms with Crippen molar-refractivity contribution >= 4 is 0 Å². The van der Waals surface area contributed by atoms with Gasteiger partial charge in [-0.3, -0.25) is 4.90 Å². The van der Waals surface area contributed by atoms with Gasteiger partial charge in [-0.1, -0.05) is 13.8 Å². The fourth-order valence-electron chi connectivity index (χ4n) is 2.86. The number of likely N-dealkylation sites (tertiary alicyclic amines) is 1. The van der Waals surface area contributed by atoms with E-state index in [-0.39, 0.29) is 11.5 Å². The first kappa shape index (κ1) is 9.47. The molecule has 2 rings (SSSR count). The molecule has 2 heteroatoms. The predicted octanol–water partition coefficient (Wildman–Crippen LogP) is 1.63. The maximum Gasteiger partial charge on any atom is 0.0621 e. The van der Waals surface area contributed by atoms with Crippen LogP contribution >= 0.6 is 0 Å². The summed E-state index contributed by atoms with van der Waals surface area (Å²) in [5.74, 6) is 0. The van der Waals surface area contributed by atoms with Gasteiger partial charge in [-0.2, -0.15) is 0 Å². The van der Waals surface area contributed by atoms with Crippen molar-refractivity contribution in [2.75, 3.05) is 6.54 Å². The zero-order valence-electron chi connectivity index (χ0n) is 8.95. The molecular formula is C11H21NO. The van der Waals surface area contributed by atoms with Crippen molar-refractivity contribution in [2.45, 2.75) is 58.2 Å². The summed E-state index contributed by atoms with van der Waals surface area (Å²) in [5, 5.41) is 9.67. The Kier molecular flexibility index (Phi) is 2.16. The van der Waals surface area contributed by atoms with Crippen LogP contribution in [0.5, 0.6) is 0 Å². The van der Waals surface area contributed by atoms with E-state index >= 15 is 0 Å². The molecule has 1 aliphatic heterocycles. The lowest BCUT2D eigenvalue weighted by Gasteiger charge is -2.54. The van der Waals surface area contributed by atoms with E-state index < -0.39 is 0 Å². The Balaban J connectivity index is 2.03. The number of aliphatic hydroxyl groups is 1. The van der Waals surface area contributed by atoms with Gasteiger partial charge in [0.05, 0.1) is 6.10 Å². The van der Waals surface area contributed by atoms with Crippen molar-refractivity contribution in [3.8, 4) is 0 Å². The van der Waals surface area contributed by atoms with E-state index in [9.17, 15) is 5.11 Å². The fourth-order valence-corrected chi connectivity index (χ4v) is 2.86. The van der Waals surface area contributed by atoms with E-state index in [0.717, 1.165) is 12.5 Å². The van der Waals surface area contributed by atoms with Crippen molar-refractivity contribution < 1.29 is 5.11 Å². The third kappa shape index (κ3) is 1.31. The van der Waals surface area contributed by atoms with Crippen molar-refractivity contribution in [2.24, 2.45) is 5.41 Å². The number of aliphatic hydroxyl groups excluding tert-OH is 1. The van der Waals surface area contributed by atoms with Crippen LogP contribution in [0.1, 0.15) is 40.0 Å². The average molecular weight is 183 g/mol. The van der Waals surface area contributed by atoms with Gasteiger partial charge in [0.1, 0.15) is 0 Å². The quantitative estimate of drug-likeness (QED) is 0.668. The standard InChI is InChI=1S/C11H21NO/c1-8-5-4-6-12(8)9-7-10(13)11(9,2)3/h8-10,13H,4-7H2,1-3H3. The third-order valence-electron chi connectivity index (χ3n) is 4.17. The molecule has 2 nitrogen and oxygen atoms in total. The smallest absolute Gasteiger partial charge is 0.0621 e. The lowest BCUT2D eigenvalue weighted by atomic mass is 9.64. The molecule has 1 heterocycles. The van der Waals surface area contributed by atoms with Crippen LogP contribution in [0.4, 0.5) is 0 Å². The minimum absolute atomic E-state index is 0.0784. The maximum atomic E-state index is 9.67. The molecule has 1 saturated heterocycles. The van der Waals surface area contributed by atoms with E-state index in [4.69, 9.17) is 0 Å². The molecule has 3 atom stereocenters. The van der Waals surface area contributed by atoms with Crippen molar-refractivity contribution in [1.82, 2.24) is 4.90 Å². The van der Waals surface area contributed by atoms with Crippen LogP contribution in [0.25, 0.3) is 0 Å². The monoisotopic (exact) mass is 183 g/mol. The molecular weight excluding hydrogens is 162 g/mol. The molecule has 1 aliphatic carbocycles. The van der Waals surface area contributed by atoms with Gasteiger partial charge >= 0.3 is 0 Å². The SMILES string of the molecule is CC1CCCN1C1CC(O)C1(C)C. The molecule has 0 aromatic carbocycles. The second-order valence-corrected chi connectivity index (χ2v) is 5.32. The van der Waals surface area contributed by atoms with Crippen LogP contribution < -0.4 is 0 Å². The number of hydrogen-bond acceptors (Lipinski definition) is 2. The highest BCUT2D eigenvalue weighted by Crippen LogP contribution is 2.45. The molecule has 1 N–H and O–H groups in total. The third-order valence-corrected chi connectivity index (χ3v) is 4.17. The average Bonchev–Trinajstić information content (AvgIpc) is 2.47. The first-order chi connectivity index (χ1) is 6.03. The predicted molar refractivity (Wildman–Crippen MR) is 53.6 cm³/mol. The van der Waals surface area contributed by atoms with Gasteiger partial charge in [0.25, 0.3) is 0 Å². The molecule has 0 aromatic heterocycles. The van der Waals surface area contributed by atoms with Crippen molar-refractivity contribution in [1.29, 1.82) is 0 Å². The lowest BCUT2D eigenvalue weighted by molar-refractivity contribution is -0.122. The summed E-state index contributed by atoms with van der Waals surface area (Å²) in [6.07, 6.45) is 3.58. The summed E-state index contributed by atoms with van der Waals surface area (Å²) in [7, 11) is 0. The van der Waals surface area contributed by atoms with Crippen LogP contribution in [0, 0.1) is 5.41 Å². The molecule has 0 aromatic rings. The van der Waals surface area contributed by atoms with Gasteiger partial charge in [-0.25, -0.2) is 0 Å². The maximum absolute atomic E-state index is 9.67. The second kappa shape index (κ2) is 2.96. The van der Waals surface area contributed by atoms with E-state index in [1.54, 1.807) is 0 Å². The van der Waals surface area contributed by atoms with Gasteiger partial charge < -0.3 is 5.11 Å². The zero-order valence-corrected chi connectivity index (χ0v) is 8.95. The first-order valence-corrected chi connectivity index (χ1v) is 5.47. The van der Waals surface area contributed by atoms with Gasteiger partial charge in [-0.05, 0) is 32.7 Å². The Morgan fingerprint density at radius 1 is 1.38 bits per heavy atom. The van der Waals surface area contributed by atoms with Crippen LogP contribution in [0.15, 0.2) is 0 Å². The first-order valence-electron chi connectivity index (χ1n) is 5.47. The van der Waals surface area contributed by atoms with Gasteiger partial charge in [0.2, 0.25) is 0 Å². The summed E-state index contributed by atoms with van der Waals surface area (Å²) in [6, 6.07) is 1.36. The summed E-state index contributed by atoms with van der Waals surface area (Å²) >= 11 is 0. The molecule has 3 unspecified atom stereocenters. The topological polar surface area (TPSA) is 23.5 Å². The van der Waals surface area contributed by atoms with Crippen LogP contribution in [-0.2, 0) is 0 Å². The van der Waals surface area contributed by atoms with Crippen LogP contribution in [-0.4, -0.2) is 34.7 Å². The fraction of sp³-hybridized carbons (Fsp3) is 1.00. The normalized spacial score (nSPS) is 44.8. The highest BCUT2D eigenvalue weighted by molar-refractivity contribution is 5.04. The molecule has 0 bridgehead atoms. The Labute approximate surface area is 80.9 Å². The summed E-state index contributed by atoms with van der Waals surface area (Å²) in [6.45, 7) is 7.93. The number of rotatable bonds is 1. The molecule has 13 heavy (non-hydrogen) atoms. The Morgan fingerprint density at radius 2 is 2.08 bits per heavy atom. The largest absolute Gasteiger partial charge is 0.392 e. The van der Waals surface area contributed by atoms with Crippen molar-refractivity contribution in [3.63, 3.8) is 0 Å². The van der Waals surface area contributed by atoms with Crippen molar-refractivity contribution in [3.05, 3.63) is 0 Å². The lowest BCUT2D eigenvalue weighted by Crippen LogP contribution is -2.61. The second-order valence-electron chi connectivity index (χ2n) is 5.32. The minimum Gasteiger partial charge on any atom is -0.392 e. The molecule has 76 valence electrons. The minimum atomic E-state index is -0.0784. The molecule has 2 fully saturated rings. The molecule has 0 amide bonds. The molecule has 1 saturated carbocycles. The van der Waals surface area contributed by atoms with Gasteiger partial charge in [-0.15, -0.1) is 0 Å². The van der Waals surface area contributed by atoms with E-state index in [1.165, 1.54) is 19.4 Å². The Bertz CT molecular complexity index is 202. The summed E-state index contributed by atoms with van der Waals surface area (Å²) < 4.78 is 0. The van der Waals surface area contributed by atoms with E-state index in [2.05, 4.69) is 25.7 Å². The Morgan fingerprint density at radius 3 is 2.46 bits per heavy atom. The summed E-state index contributed by atoms with van der Waals surface area (Å²) in [5.41, 5.74) is 0.124. The molecule has 0 radical (unpaired) electrons. The van der Waals surface area contributed by atoms with Crippen LogP contribution in [0.3, 0.4) is 0 Å². The van der Waals surface area contributed by atoms with E-state index in [0.29, 0.717) is 6.04 Å². The van der Waals surface area contributed by atoms with Gasteiger partial charge in [0, 0.05) is 17.5 Å². The Hall–Kier alpha value is -0.0800.